The van der Waals surface area contributed by atoms with Crippen molar-refractivity contribution in [3.05, 3.63) is 58.4 Å². The number of halogens is 1. The third kappa shape index (κ3) is 3.82. The monoisotopic (exact) mass is 331 g/mol. The summed E-state index contributed by atoms with van der Waals surface area (Å²) in [6, 6.07) is 8.48. The number of aryl methyl sites for hydroxylation is 1. The molecule has 2 aromatic rings. The molecule has 5 heteroatoms. The van der Waals surface area contributed by atoms with Crippen molar-refractivity contribution in [3.63, 3.8) is 0 Å². The molecule has 0 aliphatic heterocycles. The summed E-state index contributed by atoms with van der Waals surface area (Å²) in [6.07, 6.45) is 0.643. The van der Waals surface area contributed by atoms with Gasteiger partial charge in [0.15, 0.2) is 6.29 Å². The van der Waals surface area contributed by atoms with Crippen LogP contribution < -0.4 is 5.32 Å². The fourth-order valence-electron chi connectivity index (χ4n) is 2.34. The SMILES string of the molecule is C=C(NCc1ccc(C(C)(C)C)cc1)c1c(Cl)c(C=O)nn1C. The Balaban J connectivity index is 2.08. The first-order valence-electron chi connectivity index (χ1n) is 7.44. The van der Waals surface area contributed by atoms with Crippen LogP contribution in [0.15, 0.2) is 30.8 Å². The van der Waals surface area contributed by atoms with Crippen LogP contribution in [0.5, 0.6) is 0 Å². The number of hydrogen-bond acceptors (Lipinski definition) is 3. The average molecular weight is 332 g/mol. The predicted molar refractivity (Wildman–Crippen MR) is 94.6 cm³/mol. The lowest BCUT2D eigenvalue weighted by atomic mass is 9.87. The third-order valence-corrected chi connectivity index (χ3v) is 4.11. The lowest BCUT2D eigenvalue weighted by Crippen LogP contribution is -2.14. The van der Waals surface area contributed by atoms with Crippen molar-refractivity contribution in [2.45, 2.75) is 32.7 Å². The van der Waals surface area contributed by atoms with Gasteiger partial charge < -0.3 is 5.32 Å². The molecule has 122 valence electrons. The van der Waals surface area contributed by atoms with E-state index in [2.05, 4.69) is 62.0 Å². The Labute approximate surface area is 142 Å². The van der Waals surface area contributed by atoms with Gasteiger partial charge in [0.25, 0.3) is 0 Å². The van der Waals surface area contributed by atoms with Gasteiger partial charge in [-0.2, -0.15) is 5.10 Å². The normalized spacial score (nSPS) is 11.3. The highest BCUT2D eigenvalue weighted by Crippen LogP contribution is 2.25. The standard InChI is InChI=1S/C18H22ClN3O/c1-12(17-16(19)15(11-23)21-22(17)5)20-10-13-6-8-14(9-7-13)18(2,3)4/h6-9,11,20H,1,10H2,2-5H3. The van der Waals surface area contributed by atoms with Crippen LogP contribution in [-0.4, -0.2) is 16.1 Å². The van der Waals surface area contributed by atoms with Crippen molar-refractivity contribution in [2.24, 2.45) is 7.05 Å². The Morgan fingerprint density at radius 1 is 1.35 bits per heavy atom. The minimum absolute atomic E-state index is 0.142. The van der Waals surface area contributed by atoms with E-state index in [0.717, 1.165) is 5.56 Å². The average Bonchev–Trinajstić information content (AvgIpc) is 2.78. The molecule has 0 amide bonds. The summed E-state index contributed by atoms with van der Waals surface area (Å²) in [7, 11) is 1.74. The van der Waals surface area contributed by atoms with E-state index in [-0.39, 0.29) is 11.1 Å². The highest BCUT2D eigenvalue weighted by Gasteiger charge is 2.16. The molecule has 0 radical (unpaired) electrons. The number of carbonyl (C=O) groups is 1. The number of aldehydes is 1. The van der Waals surface area contributed by atoms with Crippen molar-refractivity contribution in [1.82, 2.24) is 15.1 Å². The van der Waals surface area contributed by atoms with Gasteiger partial charge in [-0.05, 0) is 16.5 Å². The first kappa shape index (κ1) is 17.3. The maximum Gasteiger partial charge on any atom is 0.171 e. The molecule has 1 heterocycles. The van der Waals surface area contributed by atoms with Gasteiger partial charge in [-0.15, -0.1) is 0 Å². The van der Waals surface area contributed by atoms with Gasteiger partial charge in [0.2, 0.25) is 0 Å². The minimum atomic E-state index is 0.142. The number of benzene rings is 1. The van der Waals surface area contributed by atoms with Gasteiger partial charge in [0.05, 0.1) is 10.7 Å². The van der Waals surface area contributed by atoms with Gasteiger partial charge in [0, 0.05) is 13.6 Å². The van der Waals surface area contributed by atoms with E-state index in [1.807, 2.05) is 0 Å². The van der Waals surface area contributed by atoms with E-state index in [1.54, 1.807) is 11.7 Å². The summed E-state index contributed by atoms with van der Waals surface area (Å²) in [4.78, 5) is 10.9. The van der Waals surface area contributed by atoms with Gasteiger partial charge >= 0.3 is 0 Å². The van der Waals surface area contributed by atoms with Gasteiger partial charge in [-0.3, -0.25) is 9.48 Å². The van der Waals surface area contributed by atoms with E-state index in [9.17, 15) is 4.79 Å². The molecule has 4 nitrogen and oxygen atoms in total. The van der Waals surface area contributed by atoms with E-state index in [1.165, 1.54) is 5.56 Å². The molecule has 0 spiro atoms. The molecule has 0 atom stereocenters. The van der Waals surface area contributed by atoms with Gasteiger partial charge in [0.1, 0.15) is 11.4 Å². The van der Waals surface area contributed by atoms with E-state index in [4.69, 9.17) is 11.6 Å². The second kappa shape index (κ2) is 6.59. The molecular formula is C18H22ClN3O. The van der Waals surface area contributed by atoms with Crippen LogP contribution in [0, 0.1) is 0 Å². The number of rotatable bonds is 5. The van der Waals surface area contributed by atoms with Gasteiger partial charge in [-0.1, -0.05) is 63.2 Å². The molecule has 2 rings (SSSR count). The van der Waals surface area contributed by atoms with E-state index >= 15 is 0 Å². The van der Waals surface area contributed by atoms with Crippen LogP contribution in [0.3, 0.4) is 0 Å². The Hall–Kier alpha value is -2.07. The molecule has 0 unspecified atom stereocenters. The zero-order chi connectivity index (χ0) is 17.2. The van der Waals surface area contributed by atoms with Crippen LogP contribution in [0.25, 0.3) is 5.70 Å². The topological polar surface area (TPSA) is 46.9 Å². The Bertz CT molecular complexity index is 724. The zero-order valence-corrected chi connectivity index (χ0v) is 14.7. The quantitative estimate of drug-likeness (QED) is 0.844. The predicted octanol–water partition coefficient (Wildman–Crippen LogP) is 3.94. The second-order valence-corrected chi connectivity index (χ2v) is 6.95. The van der Waals surface area contributed by atoms with Crippen LogP contribution in [0.2, 0.25) is 5.02 Å². The summed E-state index contributed by atoms with van der Waals surface area (Å²) < 4.78 is 1.56. The molecular weight excluding hydrogens is 310 g/mol. The Morgan fingerprint density at radius 2 is 1.96 bits per heavy atom. The molecule has 0 fully saturated rings. The van der Waals surface area contributed by atoms with Crippen LogP contribution in [0.4, 0.5) is 0 Å². The van der Waals surface area contributed by atoms with Crippen molar-refractivity contribution in [3.8, 4) is 0 Å². The fourth-order valence-corrected chi connectivity index (χ4v) is 2.66. The van der Waals surface area contributed by atoms with Crippen molar-refractivity contribution in [2.75, 3.05) is 0 Å². The van der Waals surface area contributed by atoms with Crippen molar-refractivity contribution in [1.29, 1.82) is 0 Å². The molecule has 0 saturated heterocycles. The third-order valence-electron chi connectivity index (χ3n) is 3.74. The van der Waals surface area contributed by atoms with Crippen LogP contribution in [-0.2, 0) is 19.0 Å². The molecule has 23 heavy (non-hydrogen) atoms. The van der Waals surface area contributed by atoms with Crippen molar-refractivity contribution < 1.29 is 4.79 Å². The zero-order valence-electron chi connectivity index (χ0n) is 14.0. The summed E-state index contributed by atoms with van der Waals surface area (Å²) >= 11 is 6.16. The number of nitrogens with zero attached hydrogens (tertiary/aromatic N) is 2. The number of carbonyl (C=O) groups excluding carboxylic acids is 1. The highest BCUT2D eigenvalue weighted by atomic mass is 35.5. The first-order chi connectivity index (χ1) is 10.7. The second-order valence-electron chi connectivity index (χ2n) is 6.57. The molecule has 0 saturated carbocycles. The molecule has 0 aliphatic carbocycles. The lowest BCUT2D eigenvalue weighted by Gasteiger charge is -2.19. The lowest BCUT2D eigenvalue weighted by molar-refractivity contribution is 0.111. The largest absolute Gasteiger partial charge is 0.380 e. The molecule has 1 aromatic carbocycles. The molecule has 1 aromatic heterocycles. The molecule has 0 aliphatic rings. The number of aromatic nitrogens is 2. The summed E-state index contributed by atoms with van der Waals surface area (Å²) in [5.74, 6) is 0. The summed E-state index contributed by atoms with van der Waals surface area (Å²) in [5.41, 5.74) is 4.07. The van der Waals surface area contributed by atoms with Crippen LogP contribution in [0.1, 0.15) is 48.1 Å². The molecule has 0 bridgehead atoms. The fraction of sp³-hybridized carbons (Fsp3) is 0.333. The smallest absolute Gasteiger partial charge is 0.171 e. The maximum absolute atomic E-state index is 10.9. The van der Waals surface area contributed by atoms with E-state index in [0.29, 0.717) is 29.2 Å². The summed E-state index contributed by atoms with van der Waals surface area (Å²) in [5, 5.41) is 7.62. The minimum Gasteiger partial charge on any atom is -0.380 e. The number of hydrogen-bond donors (Lipinski definition) is 1. The van der Waals surface area contributed by atoms with Crippen LogP contribution >= 0.6 is 11.6 Å². The number of nitrogens with one attached hydrogen (secondary N) is 1. The summed E-state index contributed by atoms with van der Waals surface area (Å²) in [6.45, 7) is 11.2. The molecule has 1 N–H and O–H groups in total. The first-order valence-corrected chi connectivity index (χ1v) is 7.82. The van der Waals surface area contributed by atoms with Crippen molar-refractivity contribution >= 4 is 23.6 Å². The highest BCUT2D eigenvalue weighted by molar-refractivity contribution is 6.34. The Kier molecular flexibility index (Phi) is 4.95. The van der Waals surface area contributed by atoms with Gasteiger partial charge in [-0.25, -0.2) is 0 Å². The van der Waals surface area contributed by atoms with E-state index < -0.39 is 0 Å². The Morgan fingerprint density at radius 3 is 2.43 bits per heavy atom. The maximum atomic E-state index is 10.9.